The summed E-state index contributed by atoms with van der Waals surface area (Å²) in [5, 5.41) is 0.969. The van der Waals surface area contributed by atoms with Crippen LogP contribution in [-0.4, -0.2) is 63.8 Å². The van der Waals surface area contributed by atoms with Crippen LogP contribution in [0.5, 0.6) is 0 Å². The number of aryl methyl sites for hydroxylation is 1. The van der Waals surface area contributed by atoms with Crippen molar-refractivity contribution in [3.8, 4) is 0 Å². The van der Waals surface area contributed by atoms with Gasteiger partial charge in [-0.25, -0.2) is 9.37 Å². The molecule has 2 fully saturated rings. The zero-order valence-electron chi connectivity index (χ0n) is 15.6. The molecule has 1 aromatic carbocycles. The molecule has 2 aliphatic heterocycles. The molecule has 2 aliphatic rings. The number of amides is 1. The lowest BCUT2D eigenvalue weighted by Gasteiger charge is -2.37. The van der Waals surface area contributed by atoms with Crippen LogP contribution in [0.4, 0.5) is 9.52 Å². The summed E-state index contributed by atoms with van der Waals surface area (Å²) >= 11 is 1.44. The molecular formula is C19H24FN5OS. The second kappa shape index (κ2) is 7.52. The Morgan fingerprint density at radius 2 is 1.85 bits per heavy atom. The zero-order valence-corrected chi connectivity index (χ0v) is 16.5. The molecule has 144 valence electrons. The molecule has 1 amide bonds. The van der Waals surface area contributed by atoms with Crippen LogP contribution in [0.3, 0.4) is 0 Å². The van der Waals surface area contributed by atoms with Gasteiger partial charge in [0.2, 0.25) is 11.0 Å². The minimum atomic E-state index is -0.250. The van der Waals surface area contributed by atoms with Crippen molar-refractivity contribution >= 4 is 22.6 Å². The molecule has 1 aromatic heterocycles. The first-order chi connectivity index (χ1) is 13.0. The Hall–Kier alpha value is -2.06. The van der Waals surface area contributed by atoms with Gasteiger partial charge in [0, 0.05) is 44.3 Å². The number of piperazine rings is 1. The fourth-order valence-electron chi connectivity index (χ4n) is 3.97. The van der Waals surface area contributed by atoms with Crippen molar-refractivity contribution in [2.24, 2.45) is 0 Å². The molecule has 3 heterocycles. The van der Waals surface area contributed by atoms with Crippen molar-refractivity contribution in [2.45, 2.75) is 32.4 Å². The fraction of sp³-hybridized carbons (Fsp3) is 0.526. The molecule has 6 nitrogen and oxygen atoms in total. The van der Waals surface area contributed by atoms with Crippen molar-refractivity contribution in [1.29, 1.82) is 0 Å². The highest BCUT2D eigenvalue weighted by molar-refractivity contribution is 7.09. The van der Waals surface area contributed by atoms with E-state index in [2.05, 4.69) is 19.2 Å². The molecular weight excluding hydrogens is 365 g/mol. The minimum Gasteiger partial charge on any atom is -0.344 e. The molecule has 0 spiro atoms. The molecule has 2 saturated heterocycles. The number of nitrogens with zero attached hydrogens (tertiary/aromatic N) is 5. The minimum absolute atomic E-state index is 0.0336. The third-order valence-electron chi connectivity index (χ3n) is 5.57. The number of rotatable bonds is 4. The van der Waals surface area contributed by atoms with Gasteiger partial charge in [0.15, 0.2) is 0 Å². The summed E-state index contributed by atoms with van der Waals surface area (Å²) < 4.78 is 17.4. The van der Waals surface area contributed by atoms with E-state index in [-0.39, 0.29) is 23.8 Å². The van der Waals surface area contributed by atoms with E-state index in [0.717, 1.165) is 55.7 Å². The Balaban J connectivity index is 1.37. The maximum absolute atomic E-state index is 13.2. The summed E-state index contributed by atoms with van der Waals surface area (Å²) in [4.78, 5) is 24.0. The van der Waals surface area contributed by atoms with Crippen LogP contribution in [0.1, 0.15) is 30.8 Å². The van der Waals surface area contributed by atoms with Gasteiger partial charge in [-0.15, -0.1) is 0 Å². The third-order valence-corrected chi connectivity index (χ3v) is 6.44. The molecule has 8 heteroatoms. The number of likely N-dealkylation sites (tertiary alicyclic amines) is 1. The van der Waals surface area contributed by atoms with E-state index in [4.69, 9.17) is 0 Å². The molecule has 2 atom stereocenters. The second-order valence-electron chi connectivity index (χ2n) is 7.21. The average molecular weight is 390 g/mol. The Morgan fingerprint density at radius 3 is 2.48 bits per heavy atom. The normalized spacial score (nSPS) is 22.5. The predicted molar refractivity (Wildman–Crippen MR) is 103 cm³/mol. The summed E-state index contributed by atoms with van der Waals surface area (Å²) in [5.74, 6) is 0.751. The van der Waals surface area contributed by atoms with Crippen LogP contribution in [0.15, 0.2) is 24.3 Å². The van der Waals surface area contributed by atoms with Crippen LogP contribution < -0.4 is 4.90 Å². The number of halogens is 1. The van der Waals surface area contributed by atoms with Gasteiger partial charge in [-0.1, -0.05) is 12.1 Å². The number of aromatic nitrogens is 2. The van der Waals surface area contributed by atoms with Gasteiger partial charge in [-0.05, 0) is 38.0 Å². The Bertz CT molecular complexity index is 803. The number of hydrogen-bond acceptors (Lipinski definition) is 6. The summed E-state index contributed by atoms with van der Waals surface area (Å²) in [6.07, 6.45) is 0.849. The zero-order chi connectivity index (χ0) is 19.0. The quantitative estimate of drug-likeness (QED) is 0.804. The largest absolute Gasteiger partial charge is 0.344 e. The van der Waals surface area contributed by atoms with Gasteiger partial charge in [0.1, 0.15) is 11.6 Å². The highest BCUT2D eigenvalue weighted by atomic mass is 32.1. The first-order valence-corrected chi connectivity index (χ1v) is 10.2. The van der Waals surface area contributed by atoms with Crippen molar-refractivity contribution in [1.82, 2.24) is 19.2 Å². The third kappa shape index (κ3) is 3.68. The Labute approximate surface area is 162 Å². The lowest BCUT2D eigenvalue weighted by molar-refractivity contribution is -0.134. The first-order valence-electron chi connectivity index (χ1n) is 9.38. The van der Waals surface area contributed by atoms with E-state index in [1.807, 2.05) is 18.7 Å². The van der Waals surface area contributed by atoms with Gasteiger partial charge < -0.3 is 9.80 Å². The monoisotopic (exact) mass is 389 g/mol. The van der Waals surface area contributed by atoms with Crippen molar-refractivity contribution < 1.29 is 9.18 Å². The fourth-order valence-corrected chi connectivity index (χ4v) is 4.70. The van der Waals surface area contributed by atoms with Gasteiger partial charge in [-0.3, -0.25) is 9.69 Å². The molecule has 27 heavy (non-hydrogen) atoms. The molecule has 0 radical (unpaired) electrons. The molecule has 0 bridgehead atoms. The maximum atomic E-state index is 13.2. The number of benzene rings is 1. The van der Waals surface area contributed by atoms with Gasteiger partial charge in [0.05, 0.1) is 12.1 Å². The Kier molecular flexibility index (Phi) is 5.10. The molecule has 0 saturated carbocycles. The van der Waals surface area contributed by atoms with E-state index in [1.54, 1.807) is 12.1 Å². The molecule has 0 unspecified atom stereocenters. The number of carbonyl (C=O) groups excluding carboxylic acids is 1. The molecule has 2 aromatic rings. The van der Waals surface area contributed by atoms with E-state index in [9.17, 15) is 9.18 Å². The highest BCUT2D eigenvalue weighted by Gasteiger charge is 2.39. The molecule has 4 rings (SSSR count). The highest BCUT2D eigenvalue weighted by Crippen LogP contribution is 2.29. The summed E-state index contributed by atoms with van der Waals surface area (Å²) in [6, 6.07) is 6.36. The smallest absolute Gasteiger partial charge is 0.240 e. The summed E-state index contributed by atoms with van der Waals surface area (Å²) in [6.45, 7) is 8.12. The van der Waals surface area contributed by atoms with Crippen molar-refractivity contribution in [2.75, 3.05) is 37.6 Å². The topological polar surface area (TPSA) is 52.6 Å². The SMILES string of the molecule is Cc1nsc(N2CCN([C@@H]3CCN([C@H](C)c4ccc(F)cc4)C3=O)CC2)n1. The standard InChI is InChI=1S/C19H24FN5OS/c1-13(15-3-5-16(20)6-4-15)25-8-7-17(18(25)26)23-9-11-24(12-10-23)19-21-14(2)22-27-19/h3-6,13,17H,7-12H2,1-2H3/t13-,17-/m1/s1. The Morgan fingerprint density at radius 1 is 1.15 bits per heavy atom. The lowest BCUT2D eigenvalue weighted by Crippen LogP contribution is -2.52. The number of carbonyl (C=O) groups is 1. The van der Waals surface area contributed by atoms with Gasteiger partial charge >= 0.3 is 0 Å². The summed E-state index contributed by atoms with van der Waals surface area (Å²) in [5.41, 5.74) is 0.974. The summed E-state index contributed by atoms with van der Waals surface area (Å²) in [7, 11) is 0. The van der Waals surface area contributed by atoms with E-state index < -0.39 is 0 Å². The van der Waals surface area contributed by atoms with Crippen molar-refractivity contribution in [3.63, 3.8) is 0 Å². The predicted octanol–water partition coefficient (Wildman–Crippen LogP) is 2.47. The van der Waals surface area contributed by atoms with E-state index in [1.165, 1.54) is 23.7 Å². The second-order valence-corrected chi connectivity index (χ2v) is 7.94. The van der Waals surface area contributed by atoms with Gasteiger partial charge in [-0.2, -0.15) is 4.37 Å². The van der Waals surface area contributed by atoms with Crippen molar-refractivity contribution in [3.05, 3.63) is 41.5 Å². The van der Waals surface area contributed by atoms with Crippen LogP contribution in [-0.2, 0) is 4.79 Å². The van der Waals surface area contributed by atoms with Crippen LogP contribution >= 0.6 is 11.5 Å². The van der Waals surface area contributed by atoms with E-state index >= 15 is 0 Å². The number of anilines is 1. The van der Waals surface area contributed by atoms with E-state index in [0.29, 0.717) is 0 Å². The van der Waals surface area contributed by atoms with Crippen LogP contribution in [0.25, 0.3) is 0 Å². The van der Waals surface area contributed by atoms with Crippen LogP contribution in [0.2, 0.25) is 0 Å². The molecule has 0 aliphatic carbocycles. The van der Waals surface area contributed by atoms with Crippen LogP contribution in [0, 0.1) is 12.7 Å². The maximum Gasteiger partial charge on any atom is 0.240 e. The number of hydrogen-bond donors (Lipinski definition) is 0. The average Bonchev–Trinajstić information content (AvgIpc) is 3.28. The first kappa shape index (κ1) is 18.3. The van der Waals surface area contributed by atoms with Gasteiger partial charge in [0.25, 0.3) is 0 Å². The molecule has 0 N–H and O–H groups in total. The lowest BCUT2D eigenvalue weighted by atomic mass is 10.1.